The predicted molar refractivity (Wildman–Crippen MR) is 158 cm³/mol. The molecule has 1 aromatic heterocycles. The summed E-state index contributed by atoms with van der Waals surface area (Å²) in [5.41, 5.74) is 3.87. The van der Waals surface area contributed by atoms with E-state index < -0.39 is 17.7 Å². The van der Waals surface area contributed by atoms with Crippen molar-refractivity contribution in [3.05, 3.63) is 88.5 Å². The van der Waals surface area contributed by atoms with Gasteiger partial charge < -0.3 is 14.6 Å². The summed E-state index contributed by atoms with van der Waals surface area (Å²) in [4.78, 5) is 33.3. The van der Waals surface area contributed by atoms with Crippen molar-refractivity contribution < 1.29 is 24.2 Å². The van der Waals surface area contributed by atoms with Gasteiger partial charge in [-0.1, -0.05) is 73.1 Å². The summed E-state index contributed by atoms with van der Waals surface area (Å²) in [6.07, 6.45) is 3.08. The number of hydrogen-bond donors (Lipinski definition) is 1. The fourth-order valence-corrected chi connectivity index (χ4v) is 5.93. The molecule has 1 aliphatic heterocycles. The van der Waals surface area contributed by atoms with Crippen molar-refractivity contribution in [3.8, 4) is 11.5 Å². The number of methoxy groups -OCH3 is 1. The van der Waals surface area contributed by atoms with Gasteiger partial charge >= 0.3 is 5.91 Å². The zero-order valence-corrected chi connectivity index (χ0v) is 23.9. The quantitative estimate of drug-likeness (QED) is 0.102. The number of carbonyl (C=O) groups is 2. The number of aryl methyl sites for hydroxylation is 2. The van der Waals surface area contributed by atoms with Gasteiger partial charge in [0.15, 0.2) is 16.6 Å². The third-order valence-corrected chi connectivity index (χ3v) is 8.03. The molecule has 206 valence electrons. The van der Waals surface area contributed by atoms with Crippen LogP contribution in [0, 0.1) is 13.8 Å². The van der Waals surface area contributed by atoms with Crippen molar-refractivity contribution in [3.63, 3.8) is 0 Å². The van der Waals surface area contributed by atoms with Crippen LogP contribution in [0.15, 0.2) is 66.2 Å². The number of nitrogens with zero attached hydrogens (tertiary/aromatic N) is 2. The number of aliphatic hydroxyl groups excluding tert-OH is 1. The van der Waals surface area contributed by atoms with E-state index in [4.69, 9.17) is 14.5 Å². The Kier molecular flexibility index (Phi) is 7.89. The fourth-order valence-electron chi connectivity index (χ4n) is 4.84. The van der Waals surface area contributed by atoms with Crippen LogP contribution in [0.1, 0.15) is 54.5 Å². The largest absolute Gasteiger partial charge is 0.507 e. The molecule has 1 unspecified atom stereocenters. The molecule has 0 radical (unpaired) electrons. The van der Waals surface area contributed by atoms with Crippen LogP contribution in [0.5, 0.6) is 11.5 Å². The standard InChI is InChI=1S/C32H32N2O5S/c1-5-6-7-16-39-24-15-13-22(18-25(24)38-4)28-27(29(35)21-11-8-19(2)9-12-21)30(36)31(37)34(28)32-33-23-14-10-20(3)17-26(23)40-32/h8-15,17-18,28,35H,5-7,16H2,1-4H3/b29-27+. The third kappa shape index (κ3) is 5.19. The maximum atomic E-state index is 13.6. The van der Waals surface area contributed by atoms with E-state index in [2.05, 4.69) is 6.92 Å². The molecule has 1 aliphatic rings. The Hall–Kier alpha value is -4.17. The highest BCUT2D eigenvalue weighted by molar-refractivity contribution is 7.22. The second kappa shape index (κ2) is 11.5. The lowest BCUT2D eigenvalue weighted by molar-refractivity contribution is -0.132. The number of ether oxygens (including phenoxy) is 2. The van der Waals surface area contributed by atoms with Gasteiger partial charge in [0.2, 0.25) is 0 Å². The molecule has 1 fully saturated rings. The van der Waals surface area contributed by atoms with E-state index >= 15 is 0 Å². The highest BCUT2D eigenvalue weighted by atomic mass is 32.1. The number of aliphatic hydroxyl groups is 1. The number of amides is 1. The molecule has 40 heavy (non-hydrogen) atoms. The Balaban J connectivity index is 1.65. The van der Waals surface area contributed by atoms with E-state index in [1.807, 2.05) is 44.2 Å². The average Bonchev–Trinajstić information content (AvgIpc) is 3.48. The van der Waals surface area contributed by atoms with E-state index in [9.17, 15) is 14.7 Å². The molecule has 1 amide bonds. The Bertz CT molecular complexity index is 1610. The Morgan fingerprint density at radius 2 is 1.73 bits per heavy atom. The number of carbonyl (C=O) groups excluding carboxylic acids is 2. The summed E-state index contributed by atoms with van der Waals surface area (Å²) in [6, 6.07) is 17.5. The van der Waals surface area contributed by atoms with Crippen LogP contribution in [0.4, 0.5) is 5.13 Å². The zero-order chi connectivity index (χ0) is 28.4. The molecular formula is C32H32N2O5S. The first kappa shape index (κ1) is 27.4. The smallest absolute Gasteiger partial charge is 0.301 e. The first-order valence-electron chi connectivity index (χ1n) is 13.4. The monoisotopic (exact) mass is 556 g/mol. The lowest BCUT2D eigenvalue weighted by Gasteiger charge is -2.24. The number of Topliss-reactive ketones (excluding diaryl/α,β-unsaturated/α-hetero) is 1. The lowest BCUT2D eigenvalue weighted by atomic mass is 9.95. The van der Waals surface area contributed by atoms with Crippen LogP contribution in [0.3, 0.4) is 0 Å². The van der Waals surface area contributed by atoms with Crippen molar-refractivity contribution in [2.45, 2.75) is 46.1 Å². The Morgan fingerprint density at radius 1 is 0.975 bits per heavy atom. The van der Waals surface area contributed by atoms with Gasteiger partial charge in [-0.15, -0.1) is 0 Å². The van der Waals surface area contributed by atoms with Gasteiger partial charge in [0.1, 0.15) is 5.76 Å². The van der Waals surface area contributed by atoms with Gasteiger partial charge in [0, 0.05) is 5.56 Å². The summed E-state index contributed by atoms with van der Waals surface area (Å²) in [6.45, 7) is 6.62. The van der Waals surface area contributed by atoms with Gasteiger partial charge in [-0.25, -0.2) is 4.98 Å². The molecule has 1 saturated heterocycles. The van der Waals surface area contributed by atoms with E-state index in [0.717, 1.165) is 40.6 Å². The number of thiazole rings is 1. The minimum atomic E-state index is -0.911. The topological polar surface area (TPSA) is 89.0 Å². The van der Waals surface area contributed by atoms with E-state index in [1.54, 1.807) is 37.4 Å². The van der Waals surface area contributed by atoms with Crippen molar-refractivity contribution in [2.24, 2.45) is 0 Å². The van der Waals surface area contributed by atoms with E-state index in [1.165, 1.54) is 16.2 Å². The van der Waals surface area contributed by atoms with Gasteiger partial charge in [-0.3, -0.25) is 14.5 Å². The first-order valence-corrected chi connectivity index (χ1v) is 14.2. The summed E-state index contributed by atoms with van der Waals surface area (Å²) >= 11 is 1.33. The van der Waals surface area contributed by atoms with Crippen molar-refractivity contribution in [2.75, 3.05) is 18.6 Å². The normalized spacial score (nSPS) is 16.6. The van der Waals surface area contributed by atoms with Crippen molar-refractivity contribution in [1.29, 1.82) is 0 Å². The van der Waals surface area contributed by atoms with Crippen LogP contribution < -0.4 is 14.4 Å². The maximum absolute atomic E-state index is 13.6. The van der Waals surface area contributed by atoms with Gasteiger partial charge in [-0.05, 0) is 55.7 Å². The van der Waals surface area contributed by atoms with Gasteiger partial charge in [0.05, 0.1) is 35.5 Å². The maximum Gasteiger partial charge on any atom is 0.301 e. The molecule has 0 spiro atoms. The highest BCUT2D eigenvalue weighted by Crippen LogP contribution is 2.46. The first-order chi connectivity index (χ1) is 19.3. The summed E-state index contributed by atoms with van der Waals surface area (Å²) < 4.78 is 12.5. The molecule has 2 heterocycles. The number of aromatic nitrogens is 1. The van der Waals surface area contributed by atoms with E-state index in [-0.39, 0.29) is 11.3 Å². The summed E-state index contributed by atoms with van der Waals surface area (Å²) in [5.74, 6) is -0.685. The van der Waals surface area contributed by atoms with Crippen LogP contribution in [0.2, 0.25) is 0 Å². The molecule has 4 aromatic rings. The molecule has 0 saturated carbocycles. The van der Waals surface area contributed by atoms with Gasteiger partial charge in [0.25, 0.3) is 5.78 Å². The molecule has 1 N–H and O–H groups in total. The third-order valence-electron chi connectivity index (χ3n) is 7.02. The zero-order valence-electron chi connectivity index (χ0n) is 23.1. The second-order valence-corrected chi connectivity index (χ2v) is 11.0. The molecule has 8 heteroatoms. The Labute approximate surface area is 237 Å². The number of fused-ring (bicyclic) bond motifs is 1. The second-order valence-electron chi connectivity index (χ2n) is 9.97. The van der Waals surface area contributed by atoms with Crippen LogP contribution >= 0.6 is 11.3 Å². The van der Waals surface area contributed by atoms with Crippen molar-refractivity contribution >= 4 is 44.1 Å². The number of rotatable bonds is 9. The molecule has 5 rings (SSSR count). The number of anilines is 1. The molecule has 7 nitrogen and oxygen atoms in total. The molecular weight excluding hydrogens is 524 g/mol. The molecule has 1 atom stereocenters. The van der Waals surface area contributed by atoms with Crippen LogP contribution in [-0.2, 0) is 9.59 Å². The average molecular weight is 557 g/mol. The number of benzene rings is 3. The fraction of sp³-hybridized carbons (Fsp3) is 0.281. The predicted octanol–water partition coefficient (Wildman–Crippen LogP) is 7.12. The van der Waals surface area contributed by atoms with E-state index in [0.29, 0.717) is 34.4 Å². The highest BCUT2D eigenvalue weighted by Gasteiger charge is 2.48. The minimum Gasteiger partial charge on any atom is -0.507 e. The van der Waals surface area contributed by atoms with Crippen LogP contribution in [0.25, 0.3) is 16.0 Å². The number of hydrogen-bond acceptors (Lipinski definition) is 7. The SMILES string of the molecule is CCCCCOc1ccc(C2/C(=C(\O)c3ccc(C)cc3)C(=O)C(=O)N2c2nc3ccc(C)cc3s2)cc1OC. The molecule has 3 aromatic carbocycles. The minimum absolute atomic E-state index is 0.00274. The summed E-state index contributed by atoms with van der Waals surface area (Å²) in [7, 11) is 1.55. The van der Waals surface area contributed by atoms with Crippen molar-refractivity contribution in [1.82, 2.24) is 4.98 Å². The summed E-state index contributed by atoms with van der Waals surface area (Å²) in [5, 5.41) is 11.8. The molecule has 0 bridgehead atoms. The molecule has 0 aliphatic carbocycles. The lowest BCUT2D eigenvalue weighted by Crippen LogP contribution is -2.29. The number of unbranched alkanes of at least 4 members (excludes halogenated alkanes) is 2. The van der Waals surface area contributed by atoms with Gasteiger partial charge in [-0.2, -0.15) is 0 Å². The Morgan fingerprint density at radius 3 is 2.45 bits per heavy atom. The number of ketones is 1. The van der Waals surface area contributed by atoms with Crippen LogP contribution in [-0.4, -0.2) is 35.5 Å².